The quantitative estimate of drug-likeness (QED) is 0.341. The molecule has 132 valence electrons. The molecule has 1 aromatic heterocycles. The Labute approximate surface area is 140 Å². The maximum Gasteiger partial charge on any atom is 0.394 e. The zero-order valence-electron chi connectivity index (χ0n) is 12.0. The van der Waals surface area contributed by atoms with Crippen LogP contribution in [0.3, 0.4) is 0 Å². The Morgan fingerprint density at radius 1 is 0.920 bits per heavy atom. The molecule has 25 heavy (non-hydrogen) atoms. The largest absolute Gasteiger partial charge is 0.454 e. The van der Waals surface area contributed by atoms with Crippen LogP contribution in [0.15, 0.2) is 51.7 Å². The normalized spacial score (nSPS) is 13.6. The molecule has 1 heterocycles. The Balaban J connectivity index is 2.30. The second-order valence-corrected chi connectivity index (χ2v) is 5.76. The number of fused-ring (bicyclic) bond motifs is 3. The van der Waals surface area contributed by atoms with Gasteiger partial charge in [0.05, 0.1) is 5.39 Å². The summed E-state index contributed by atoms with van der Waals surface area (Å²) in [6.45, 7) is 0. The van der Waals surface area contributed by atoms with Crippen LogP contribution in [0.4, 0.5) is 26.3 Å². The summed E-state index contributed by atoms with van der Waals surface area (Å²) in [6, 6.07) is 9.00. The monoisotopic (exact) mass is 380 g/mol. The van der Waals surface area contributed by atoms with Gasteiger partial charge in [-0.3, -0.25) is 4.79 Å². The van der Waals surface area contributed by atoms with Gasteiger partial charge in [0.1, 0.15) is 5.58 Å². The highest BCUT2D eigenvalue weighted by Gasteiger charge is 2.73. The average molecular weight is 381 g/mol. The van der Waals surface area contributed by atoms with Crippen LogP contribution in [0, 0.1) is 0 Å². The Hall–Kier alpha value is -2.22. The van der Waals surface area contributed by atoms with Crippen LogP contribution in [0.1, 0.15) is 5.76 Å². The van der Waals surface area contributed by atoms with Gasteiger partial charge in [0.25, 0.3) is 0 Å². The number of rotatable bonds is 3. The van der Waals surface area contributed by atoms with Crippen molar-refractivity contribution in [3.63, 3.8) is 0 Å². The van der Waals surface area contributed by atoms with E-state index in [1.54, 1.807) is 18.2 Å². The molecule has 0 amide bonds. The van der Waals surface area contributed by atoms with Crippen molar-refractivity contribution < 1.29 is 30.8 Å². The summed E-state index contributed by atoms with van der Waals surface area (Å²) in [6.07, 6.45) is 0. The van der Waals surface area contributed by atoms with E-state index in [4.69, 9.17) is 0 Å². The Kier molecular flexibility index (Phi) is 3.79. The molecule has 3 aromatic rings. The highest BCUT2D eigenvalue weighted by atomic mass is 35.5. The van der Waals surface area contributed by atoms with Crippen molar-refractivity contribution in [2.45, 2.75) is 17.2 Å². The molecular formula is C16H7ClF6O2. The van der Waals surface area contributed by atoms with Crippen LogP contribution in [0.2, 0.25) is 0 Å². The van der Waals surface area contributed by atoms with Crippen molar-refractivity contribution in [3.05, 3.63) is 58.4 Å². The van der Waals surface area contributed by atoms with Crippen molar-refractivity contribution in [3.8, 4) is 0 Å². The van der Waals surface area contributed by atoms with E-state index in [-0.39, 0.29) is 11.5 Å². The lowest BCUT2D eigenvalue weighted by atomic mass is 10.0. The SMILES string of the molecule is O=c1cc(C(F)(F)C(F)(F)C(F)(F)Cl)oc2ccc3ccccc3c12. The van der Waals surface area contributed by atoms with Crippen LogP contribution in [-0.2, 0) is 5.92 Å². The minimum absolute atomic E-state index is 0.0747. The lowest BCUT2D eigenvalue weighted by molar-refractivity contribution is -0.291. The molecule has 0 aliphatic carbocycles. The molecular weight excluding hydrogens is 374 g/mol. The van der Waals surface area contributed by atoms with Crippen LogP contribution in [0.25, 0.3) is 21.7 Å². The molecule has 0 atom stereocenters. The number of alkyl halides is 7. The third-order valence-corrected chi connectivity index (χ3v) is 3.92. The van der Waals surface area contributed by atoms with E-state index < -0.39 is 34.0 Å². The van der Waals surface area contributed by atoms with E-state index in [1.165, 1.54) is 12.1 Å². The Morgan fingerprint density at radius 2 is 1.56 bits per heavy atom. The van der Waals surface area contributed by atoms with Crippen LogP contribution < -0.4 is 5.43 Å². The van der Waals surface area contributed by atoms with Crippen molar-refractivity contribution in [2.75, 3.05) is 0 Å². The van der Waals surface area contributed by atoms with Crippen molar-refractivity contribution in [1.82, 2.24) is 0 Å². The van der Waals surface area contributed by atoms with E-state index in [1.807, 2.05) is 0 Å². The first-order valence-corrected chi connectivity index (χ1v) is 7.13. The summed E-state index contributed by atoms with van der Waals surface area (Å²) in [5, 5.41) is -4.75. The van der Waals surface area contributed by atoms with Crippen molar-refractivity contribution >= 4 is 33.3 Å². The summed E-state index contributed by atoms with van der Waals surface area (Å²) in [4.78, 5) is 12.2. The standard InChI is InChI=1S/C16H7ClF6O2/c17-16(22,23)15(20,21)14(18,19)12-7-10(24)13-9-4-2-1-3-8(9)5-6-11(13)25-12/h1-7H. The second kappa shape index (κ2) is 5.39. The average Bonchev–Trinajstić information content (AvgIpc) is 2.52. The highest BCUT2D eigenvalue weighted by molar-refractivity contribution is 6.22. The molecule has 0 saturated heterocycles. The second-order valence-electron chi connectivity index (χ2n) is 5.28. The van der Waals surface area contributed by atoms with E-state index in [0.717, 1.165) is 6.07 Å². The van der Waals surface area contributed by atoms with Gasteiger partial charge in [-0.05, 0) is 28.4 Å². The minimum atomic E-state index is -5.97. The van der Waals surface area contributed by atoms with Gasteiger partial charge < -0.3 is 4.42 Å². The molecule has 0 radical (unpaired) electrons. The van der Waals surface area contributed by atoms with E-state index >= 15 is 0 Å². The fourth-order valence-corrected chi connectivity index (χ4v) is 2.54. The molecule has 3 rings (SSSR count). The van der Waals surface area contributed by atoms with Gasteiger partial charge in [-0.1, -0.05) is 30.3 Å². The summed E-state index contributed by atoms with van der Waals surface area (Å²) >= 11 is 4.11. The zero-order valence-corrected chi connectivity index (χ0v) is 12.8. The van der Waals surface area contributed by atoms with E-state index in [0.29, 0.717) is 10.8 Å². The molecule has 0 fully saturated rings. The Morgan fingerprint density at radius 3 is 2.20 bits per heavy atom. The van der Waals surface area contributed by atoms with E-state index in [9.17, 15) is 31.1 Å². The summed E-state index contributed by atoms with van der Waals surface area (Å²) in [5.74, 6) is -13.4. The van der Waals surface area contributed by atoms with Crippen molar-refractivity contribution in [2.24, 2.45) is 0 Å². The molecule has 0 saturated carbocycles. The van der Waals surface area contributed by atoms with Gasteiger partial charge in [0.2, 0.25) is 0 Å². The number of halogens is 7. The van der Waals surface area contributed by atoms with Gasteiger partial charge in [-0.25, -0.2) is 0 Å². The lowest BCUT2D eigenvalue weighted by Crippen LogP contribution is -2.49. The zero-order chi connectivity index (χ0) is 18.6. The molecule has 0 aliphatic heterocycles. The predicted molar refractivity (Wildman–Crippen MR) is 79.6 cm³/mol. The maximum absolute atomic E-state index is 13.9. The summed E-state index contributed by atoms with van der Waals surface area (Å²) in [7, 11) is 0. The van der Waals surface area contributed by atoms with Crippen LogP contribution in [-0.4, -0.2) is 11.3 Å². The van der Waals surface area contributed by atoms with Crippen molar-refractivity contribution in [1.29, 1.82) is 0 Å². The lowest BCUT2D eigenvalue weighted by Gasteiger charge is -2.28. The fourth-order valence-electron chi connectivity index (χ4n) is 2.42. The number of hydrogen-bond acceptors (Lipinski definition) is 2. The maximum atomic E-state index is 13.9. The van der Waals surface area contributed by atoms with Gasteiger partial charge >= 0.3 is 17.2 Å². The first-order valence-electron chi connectivity index (χ1n) is 6.75. The number of benzene rings is 2. The molecule has 2 aromatic carbocycles. The fraction of sp³-hybridized carbons (Fsp3) is 0.188. The van der Waals surface area contributed by atoms with Gasteiger partial charge in [-0.2, -0.15) is 26.3 Å². The summed E-state index contributed by atoms with van der Waals surface area (Å²) in [5.41, 5.74) is -1.50. The smallest absolute Gasteiger partial charge is 0.394 e. The Bertz CT molecular complexity index is 1020. The topological polar surface area (TPSA) is 30.2 Å². The number of hydrogen-bond donors (Lipinski definition) is 0. The van der Waals surface area contributed by atoms with Gasteiger partial charge in [0.15, 0.2) is 11.2 Å². The first kappa shape index (κ1) is 17.6. The molecule has 0 aliphatic rings. The highest BCUT2D eigenvalue weighted by Crippen LogP contribution is 2.52. The van der Waals surface area contributed by atoms with E-state index in [2.05, 4.69) is 16.0 Å². The molecule has 0 N–H and O–H groups in total. The first-order chi connectivity index (χ1) is 11.5. The molecule has 9 heteroatoms. The van der Waals surface area contributed by atoms with Crippen LogP contribution in [0.5, 0.6) is 0 Å². The molecule has 0 unspecified atom stereocenters. The molecule has 0 bridgehead atoms. The predicted octanol–water partition coefficient (Wildman–Crippen LogP) is 5.50. The summed E-state index contributed by atoms with van der Waals surface area (Å²) < 4.78 is 84.7. The molecule has 0 spiro atoms. The third kappa shape index (κ3) is 2.55. The van der Waals surface area contributed by atoms with Gasteiger partial charge in [0, 0.05) is 6.07 Å². The molecule has 2 nitrogen and oxygen atoms in total. The van der Waals surface area contributed by atoms with Crippen LogP contribution >= 0.6 is 11.6 Å². The third-order valence-electron chi connectivity index (χ3n) is 3.68. The van der Waals surface area contributed by atoms with Gasteiger partial charge in [-0.15, -0.1) is 0 Å². The minimum Gasteiger partial charge on any atom is -0.454 e.